The Kier molecular flexibility index (Phi) is 7.56. The normalized spacial score (nSPS) is 13.6. The number of nitrogens with zero attached hydrogens (tertiary/aromatic N) is 3. The summed E-state index contributed by atoms with van der Waals surface area (Å²) in [6.45, 7) is 10.2. The highest BCUT2D eigenvalue weighted by atomic mass is 16.4. The smallest absolute Gasteiger partial charge is 0.348 e. The fourth-order valence-corrected chi connectivity index (χ4v) is 5.43. The van der Waals surface area contributed by atoms with E-state index in [0.717, 1.165) is 10.6 Å². The minimum absolute atomic E-state index is 0.00742. The van der Waals surface area contributed by atoms with Crippen molar-refractivity contribution >= 4 is 41.1 Å². The SMILES string of the molecule is CC(C)c1c2ccc3c1C(=O)N(C3=O)N2C(=O)N(Cc1ccc(C(=O)NCCC(=O)O)cc1)c1ccc(C(C)(C)C)cc1. The molecule has 222 valence electrons. The van der Waals surface area contributed by atoms with Gasteiger partial charge in [-0.1, -0.05) is 58.9 Å². The summed E-state index contributed by atoms with van der Waals surface area (Å²) in [5.74, 6) is -2.55. The number of carbonyl (C=O) groups is 5. The predicted octanol–water partition coefficient (Wildman–Crippen LogP) is 5.47. The standard InChI is InChI=1S/C33H34N4O6/c1-19(2)27-25-15-14-24-28(27)31(42)37(30(24)41)36(25)32(43)35(23-12-10-22(11-13-23)33(3,4)5)18-20-6-8-21(9-7-20)29(40)34-17-16-26(38)39/h6-15,19H,16-18H2,1-5H3,(H,34,40)(H,38,39). The molecule has 0 radical (unpaired) electrons. The van der Waals surface area contributed by atoms with Crippen molar-refractivity contribution in [3.8, 4) is 0 Å². The van der Waals surface area contributed by atoms with Crippen molar-refractivity contribution in [2.24, 2.45) is 0 Å². The second-order valence-electron chi connectivity index (χ2n) is 12.1. The highest BCUT2D eigenvalue weighted by Gasteiger charge is 2.50. The maximum atomic E-state index is 14.5. The molecule has 5 rings (SSSR count). The molecule has 5 amide bonds. The van der Waals surface area contributed by atoms with Crippen LogP contribution in [0, 0.1) is 0 Å². The monoisotopic (exact) mass is 582 g/mol. The fourth-order valence-electron chi connectivity index (χ4n) is 5.43. The molecule has 3 bridgehead atoms. The van der Waals surface area contributed by atoms with Crippen LogP contribution in [0.4, 0.5) is 16.2 Å². The van der Waals surface area contributed by atoms with E-state index in [9.17, 15) is 24.0 Å². The highest BCUT2D eigenvalue weighted by Crippen LogP contribution is 2.44. The molecule has 10 heteroatoms. The lowest BCUT2D eigenvalue weighted by molar-refractivity contribution is -0.136. The number of hydrogen-bond acceptors (Lipinski definition) is 5. The van der Waals surface area contributed by atoms with Crippen LogP contribution in [-0.2, 0) is 16.8 Å². The van der Waals surface area contributed by atoms with Crippen LogP contribution in [0.5, 0.6) is 0 Å². The molecule has 0 aromatic heterocycles. The third-order valence-electron chi connectivity index (χ3n) is 7.70. The number of urea groups is 1. The van der Waals surface area contributed by atoms with Gasteiger partial charge in [0.1, 0.15) is 0 Å². The topological polar surface area (TPSA) is 127 Å². The molecule has 2 aliphatic rings. The van der Waals surface area contributed by atoms with Crippen molar-refractivity contribution in [1.29, 1.82) is 0 Å². The second kappa shape index (κ2) is 11.0. The molecule has 3 aromatic rings. The van der Waals surface area contributed by atoms with Gasteiger partial charge < -0.3 is 10.4 Å². The number of aliphatic carboxylic acids is 1. The molecule has 0 unspecified atom stereocenters. The van der Waals surface area contributed by atoms with E-state index in [1.165, 1.54) is 9.91 Å². The van der Waals surface area contributed by atoms with Crippen molar-refractivity contribution in [1.82, 2.24) is 10.3 Å². The third kappa shape index (κ3) is 5.36. The number of carboxylic acid groups (broad SMARTS) is 1. The summed E-state index contributed by atoms with van der Waals surface area (Å²) in [6.07, 6.45) is -0.184. The quantitative estimate of drug-likeness (QED) is 0.339. The van der Waals surface area contributed by atoms with Crippen LogP contribution in [0.3, 0.4) is 0 Å². The minimum Gasteiger partial charge on any atom is -0.481 e. The maximum absolute atomic E-state index is 14.5. The Morgan fingerprint density at radius 3 is 2.14 bits per heavy atom. The van der Waals surface area contributed by atoms with Gasteiger partial charge in [0, 0.05) is 17.8 Å². The summed E-state index contributed by atoms with van der Waals surface area (Å²) in [5, 5.41) is 13.5. The molecule has 0 saturated heterocycles. The number of carbonyl (C=O) groups excluding carboxylic acids is 4. The van der Waals surface area contributed by atoms with E-state index >= 15 is 0 Å². The van der Waals surface area contributed by atoms with E-state index in [1.807, 2.05) is 38.1 Å². The molecule has 10 nitrogen and oxygen atoms in total. The van der Waals surface area contributed by atoms with Crippen LogP contribution in [0.25, 0.3) is 0 Å². The average molecular weight is 583 g/mol. The summed E-state index contributed by atoms with van der Waals surface area (Å²) in [7, 11) is 0. The third-order valence-corrected chi connectivity index (χ3v) is 7.70. The molecule has 2 aliphatic heterocycles. The number of hydrazine groups is 1. The first kappa shape index (κ1) is 29.5. The van der Waals surface area contributed by atoms with E-state index in [2.05, 4.69) is 26.1 Å². The van der Waals surface area contributed by atoms with Crippen LogP contribution < -0.4 is 15.2 Å². The molecule has 0 spiro atoms. The zero-order chi connectivity index (χ0) is 31.2. The first-order chi connectivity index (χ1) is 20.3. The molecule has 0 fully saturated rings. The largest absolute Gasteiger partial charge is 0.481 e. The van der Waals surface area contributed by atoms with Crippen molar-refractivity contribution < 1.29 is 29.1 Å². The van der Waals surface area contributed by atoms with Crippen LogP contribution in [0.1, 0.15) is 94.7 Å². The number of fused-ring (bicyclic) bond motifs is 2. The van der Waals surface area contributed by atoms with Crippen molar-refractivity contribution in [3.05, 3.63) is 94.0 Å². The van der Waals surface area contributed by atoms with Crippen LogP contribution >= 0.6 is 0 Å². The van der Waals surface area contributed by atoms with Gasteiger partial charge >= 0.3 is 12.0 Å². The van der Waals surface area contributed by atoms with Gasteiger partial charge in [-0.2, -0.15) is 10.0 Å². The van der Waals surface area contributed by atoms with Gasteiger partial charge in [-0.05, 0) is 64.4 Å². The first-order valence-corrected chi connectivity index (χ1v) is 14.2. The van der Waals surface area contributed by atoms with E-state index in [4.69, 9.17) is 5.11 Å². The average Bonchev–Trinajstić information content (AvgIpc) is 3.06. The molecular formula is C33H34N4O6. The van der Waals surface area contributed by atoms with E-state index in [1.54, 1.807) is 36.4 Å². The highest BCUT2D eigenvalue weighted by molar-refractivity contribution is 6.28. The second-order valence-corrected chi connectivity index (χ2v) is 12.1. The zero-order valence-electron chi connectivity index (χ0n) is 24.8. The molecule has 3 aromatic carbocycles. The van der Waals surface area contributed by atoms with Crippen molar-refractivity contribution in [3.63, 3.8) is 0 Å². The van der Waals surface area contributed by atoms with Crippen LogP contribution in [-0.4, -0.2) is 46.4 Å². The van der Waals surface area contributed by atoms with Gasteiger partial charge in [-0.15, -0.1) is 0 Å². The molecule has 0 atom stereocenters. The molecule has 43 heavy (non-hydrogen) atoms. The number of carboxylic acids is 1. The lowest BCUT2D eigenvalue weighted by Gasteiger charge is -2.38. The van der Waals surface area contributed by atoms with Gasteiger partial charge in [0.15, 0.2) is 0 Å². The molecule has 0 aliphatic carbocycles. The Hall–Kier alpha value is -4.99. The predicted molar refractivity (Wildman–Crippen MR) is 161 cm³/mol. The van der Waals surface area contributed by atoms with E-state index < -0.39 is 29.7 Å². The van der Waals surface area contributed by atoms with Gasteiger partial charge in [0.25, 0.3) is 17.7 Å². The molecule has 0 saturated carbocycles. The van der Waals surface area contributed by atoms with Gasteiger partial charge in [0.2, 0.25) is 0 Å². The van der Waals surface area contributed by atoms with E-state index in [-0.39, 0.29) is 30.8 Å². The molecule has 2 heterocycles. The summed E-state index contributed by atoms with van der Waals surface area (Å²) in [4.78, 5) is 65.9. The minimum atomic E-state index is -1.01. The Balaban J connectivity index is 1.50. The number of amides is 5. The Labute approximate surface area is 249 Å². The lowest BCUT2D eigenvalue weighted by Crippen LogP contribution is -2.56. The Morgan fingerprint density at radius 2 is 1.56 bits per heavy atom. The van der Waals surface area contributed by atoms with Gasteiger partial charge in [-0.3, -0.25) is 24.1 Å². The number of anilines is 2. The van der Waals surface area contributed by atoms with Gasteiger partial charge in [-0.25, -0.2) is 4.79 Å². The van der Waals surface area contributed by atoms with Crippen molar-refractivity contribution in [2.45, 2.75) is 58.9 Å². The number of imide groups is 1. The first-order valence-electron chi connectivity index (χ1n) is 14.2. The van der Waals surface area contributed by atoms with E-state index in [0.29, 0.717) is 39.2 Å². The summed E-state index contributed by atoms with van der Waals surface area (Å²) in [6, 6.07) is 17.0. The number of rotatable bonds is 8. The van der Waals surface area contributed by atoms with Crippen LogP contribution in [0.2, 0.25) is 0 Å². The Bertz CT molecular complexity index is 1640. The van der Waals surface area contributed by atoms with Gasteiger partial charge in [0.05, 0.1) is 29.8 Å². The maximum Gasteiger partial charge on any atom is 0.348 e. The summed E-state index contributed by atoms with van der Waals surface area (Å²) in [5.41, 5.74) is 4.40. The Morgan fingerprint density at radius 1 is 0.907 bits per heavy atom. The lowest BCUT2D eigenvalue weighted by atomic mass is 9.87. The number of nitrogens with one attached hydrogen (secondary N) is 1. The zero-order valence-corrected chi connectivity index (χ0v) is 24.8. The summed E-state index contributed by atoms with van der Waals surface area (Å²) < 4.78 is 0. The number of benzene rings is 3. The van der Waals surface area contributed by atoms with Crippen molar-refractivity contribution in [2.75, 3.05) is 16.5 Å². The molecular weight excluding hydrogens is 548 g/mol. The van der Waals surface area contributed by atoms with Crippen LogP contribution in [0.15, 0.2) is 60.7 Å². The summed E-state index contributed by atoms with van der Waals surface area (Å²) >= 11 is 0. The number of hydrogen-bond donors (Lipinski definition) is 2. The molecule has 2 N–H and O–H groups in total. The fraction of sp³-hybridized carbons (Fsp3) is 0.303.